The second-order valence-corrected chi connectivity index (χ2v) is 7.89. The van der Waals surface area contributed by atoms with Crippen LogP contribution in [0.4, 0.5) is 0 Å². The van der Waals surface area contributed by atoms with Gasteiger partial charge in [-0.2, -0.15) is 0 Å². The molecule has 190 valence electrons. The van der Waals surface area contributed by atoms with E-state index in [-0.39, 0.29) is 11.3 Å². The molecule has 1 heterocycles. The third kappa shape index (κ3) is 5.43. The first kappa shape index (κ1) is 25.4. The van der Waals surface area contributed by atoms with Gasteiger partial charge in [-0.05, 0) is 47.5 Å². The number of carbonyl (C=O) groups is 2. The van der Waals surface area contributed by atoms with Crippen molar-refractivity contribution in [1.29, 1.82) is 0 Å². The van der Waals surface area contributed by atoms with Crippen molar-refractivity contribution < 1.29 is 37.7 Å². The molecule has 0 bridgehead atoms. The fourth-order valence-corrected chi connectivity index (χ4v) is 3.84. The molecule has 1 aromatic heterocycles. The molecule has 0 fully saturated rings. The van der Waals surface area contributed by atoms with Crippen molar-refractivity contribution >= 4 is 29.0 Å². The monoisotopic (exact) mass is 502 g/mol. The lowest BCUT2D eigenvalue weighted by atomic mass is 10.0. The van der Waals surface area contributed by atoms with E-state index in [4.69, 9.17) is 23.4 Å². The Morgan fingerprint density at radius 1 is 0.838 bits per heavy atom. The molecule has 0 saturated carbocycles. The van der Waals surface area contributed by atoms with Gasteiger partial charge in [0.2, 0.25) is 0 Å². The normalized spacial score (nSPS) is 10.9. The van der Waals surface area contributed by atoms with E-state index in [1.807, 2.05) is 30.3 Å². The van der Waals surface area contributed by atoms with Gasteiger partial charge in [0.05, 0.1) is 28.4 Å². The molecule has 0 unspecified atom stereocenters. The van der Waals surface area contributed by atoms with Crippen LogP contribution in [-0.4, -0.2) is 40.4 Å². The van der Waals surface area contributed by atoms with E-state index in [0.29, 0.717) is 46.0 Å². The van der Waals surface area contributed by atoms with Gasteiger partial charge in [0.25, 0.3) is 0 Å². The van der Waals surface area contributed by atoms with Crippen molar-refractivity contribution in [3.05, 3.63) is 83.4 Å². The topological polar surface area (TPSA) is 93.4 Å². The summed E-state index contributed by atoms with van der Waals surface area (Å²) < 4.78 is 32.9. The minimum absolute atomic E-state index is 0.212. The van der Waals surface area contributed by atoms with Gasteiger partial charge >= 0.3 is 11.9 Å². The van der Waals surface area contributed by atoms with Gasteiger partial charge in [-0.3, -0.25) is 0 Å². The molecule has 8 nitrogen and oxygen atoms in total. The van der Waals surface area contributed by atoms with E-state index >= 15 is 0 Å². The maximum absolute atomic E-state index is 12.9. The molecule has 0 atom stereocenters. The van der Waals surface area contributed by atoms with Crippen molar-refractivity contribution in [2.24, 2.45) is 0 Å². The highest BCUT2D eigenvalue weighted by Gasteiger charge is 2.26. The zero-order chi connectivity index (χ0) is 26.4. The molecule has 0 aliphatic carbocycles. The number of hydrogen-bond acceptors (Lipinski definition) is 8. The Labute approximate surface area is 214 Å². The van der Waals surface area contributed by atoms with Gasteiger partial charge in [-0.1, -0.05) is 30.3 Å². The Kier molecular flexibility index (Phi) is 7.78. The summed E-state index contributed by atoms with van der Waals surface area (Å²) in [7, 11) is 5.62. The number of hydrogen-bond donors (Lipinski definition) is 0. The number of furan rings is 1. The first-order valence-electron chi connectivity index (χ1n) is 11.3. The highest BCUT2D eigenvalue weighted by atomic mass is 16.5. The number of methoxy groups -OCH3 is 4. The maximum atomic E-state index is 12.9. The molecule has 0 amide bonds. The van der Waals surface area contributed by atoms with Gasteiger partial charge < -0.3 is 28.1 Å². The summed E-state index contributed by atoms with van der Waals surface area (Å²) in [5.74, 6) is 0.572. The molecule has 0 radical (unpaired) electrons. The van der Waals surface area contributed by atoms with Crippen LogP contribution in [0.2, 0.25) is 0 Å². The van der Waals surface area contributed by atoms with E-state index in [2.05, 4.69) is 4.74 Å². The quantitative estimate of drug-likeness (QED) is 0.214. The van der Waals surface area contributed by atoms with Gasteiger partial charge in [0.15, 0.2) is 22.8 Å². The van der Waals surface area contributed by atoms with Crippen LogP contribution in [0.25, 0.3) is 28.4 Å². The first-order chi connectivity index (χ1) is 18.0. The highest BCUT2D eigenvalue weighted by molar-refractivity contribution is 6.10. The van der Waals surface area contributed by atoms with E-state index in [0.717, 1.165) is 5.56 Å². The summed E-state index contributed by atoms with van der Waals surface area (Å²) in [6, 6.07) is 18.4. The van der Waals surface area contributed by atoms with Crippen LogP contribution in [-0.2, 0) is 20.9 Å². The van der Waals surface area contributed by atoms with Crippen LogP contribution in [0.1, 0.15) is 21.5 Å². The summed E-state index contributed by atoms with van der Waals surface area (Å²) in [5, 5.41) is 0.467. The Morgan fingerprint density at radius 3 is 2.27 bits per heavy atom. The van der Waals surface area contributed by atoms with Crippen molar-refractivity contribution in [1.82, 2.24) is 0 Å². The van der Waals surface area contributed by atoms with Gasteiger partial charge in [-0.15, -0.1) is 0 Å². The summed E-state index contributed by atoms with van der Waals surface area (Å²) in [4.78, 5) is 24.5. The summed E-state index contributed by atoms with van der Waals surface area (Å²) in [6.45, 7) is 0.369. The molecular formula is C29H26O8. The molecule has 8 heteroatoms. The Morgan fingerprint density at radius 2 is 1.59 bits per heavy atom. The van der Waals surface area contributed by atoms with Crippen LogP contribution in [0, 0.1) is 0 Å². The molecule has 3 aromatic carbocycles. The lowest BCUT2D eigenvalue weighted by Crippen LogP contribution is -2.02. The fourth-order valence-electron chi connectivity index (χ4n) is 3.84. The molecule has 0 aliphatic heterocycles. The smallest absolute Gasteiger partial charge is 0.342 e. The van der Waals surface area contributed by atoms with Crippen LogP contribution in [0.3, 0.4) is 0 Å². The number of esters is 2. The molecule has 0 saturated heterocycles. The van der Waals surface area contributed by atoms with Crippen LogP contribution in [0.5, 0.6) is 17.2 Å². The second kappa shape index (κ2) is 11.3. The summed E-state index contributed by atoms with van der Waals surface area (Å²) >= 11 is 0. The fraction of sp³-hybridized carbons (Fsp3) is 0.172. The Bertz CT molecular complexity index is 1450. The standard InChI is InChI=1S/C29H26O8/c1-32-23-16-20(11-12-22(23)36-17-18-8-6-5-7-9-18)27-26(29(31)35-4)21-14-19(10-13-25(30)34-3)15-24(33-2)28(21)37-27/h5-16H,17H2,1-4H3/b13-10+. The lowest BCUT2D eigenvalue weighted by Gasteiger charge is -2.12. The van der Waals surface area contributed by atoms with Crippen molar-refractivity contribution in [3.63, 3.8) is 0 Å². The highest BCUT2D eigenvalue weighted by Crippen LogP contribution is 2.42. The average Bonchev–Trinajstić information content (AvgIpc) is 3.33. The van der Waals surface area contributed by atoms with Crippen molar-refractivity contribution in [3.8, 4) is 28.6 Å². The zero-order valence-electron chi connectivity index (χ0n) is 20.9. The summed E-state index contributed by atoms with van der Waals surface area (Å²) in [5.41, 5.74) is 2.77. The SMILES string of the molecule is COC(=O)/C=C/c1cc(OC)c2oc(-c3ccc(OCc4ccccc4)c(OC)c3)c(C(=O)OC)c2c1. The van der Waals surface area contributed by atoms with E-state index in [1.54, 1.807) is 36.4 Å². The number of carbonyl (C=O) groups excluding carboxylic acids is 2. The van der Waals surface area contributed by atoms with Gasteiger partial charge in [0.1, 0.15) is 17.9 Å². The molecule has 0 aliphatic rings. The average molecular weight is 503 g/mol. The first-order valence-corrected chi connectivity index (χ1v) is 11.3. The van der Waals surface area contributed by atoms with Crippen LogP contribution < -0.4 is 14.2 Å². The zero-order valence-corrected chi connectivity index (χ0v) is 20.9. The molecule has 0 spiro atoms. The van der Waals surface area contributed by atoms with E-state index in [9.17, 15) is 9.59 Å². The number of ether oxygens (including phenoxy) is 5. The largest absolute Gasteiger partial charge is 0.493 e. The number of rotatable bonds is 9. The third-order valence-corrected chi connectivity index (χ3v) is 5.66. The minimum atomic E-state index is -0.590. The van der Waals surface area contributed by atoms with Crippen molar-refractivity contribution in [2.75, 3.05) is 28.4 Å². The molecule has 4 rings (SSSR count). The second-order valence-electron chi connectivity index (χ2n) is 7.89. The molecule has 37 heavy (non-hydrogen) atoms. The third-order valence-electron chi connectivity index (χ3n) is 5.66. The van der Waals surface area contributed by atoms with Crippen LogP contribution in [0.15, 0.2) is 71.2 Å². The molecular weight excluding hydrogens is 476 g/mol. The number of benzene rings is 3. The predicted molar refractivity (Wildman–Crippen MR) is 138 cm³/mol. The summed E-state index contributed by atoms with van der Waals surface area (Å²) in [6.07, 6.45) is 2.84. The lowest BCUT2D eigenvalue weighted by molar-refractivity contribution is -0.134. The van der Waals surface area contributed by atoms with E-state index < -0.39 is 11.9 Å². The predicted octanol–water partition coefficient (Wildman–Crippen LogP) is 5.67. The molecule has 0 N–H and O–H groups in total. The minimum Gasteiger partial charge on any atom is -0.493 e. The number of fused-ring (bicyclic) bond motifs is 1. The van der Waals surface area contributed by atoms with Crippen molar-refractivity contribution in [2.45, 2.75) is 6.61 Å². The maximum Gasteiger partial charge on any atom is 0.342 e. The van der Waals surface area contributed by atoms with E-state index in [1.165, 1.54) is 34.5 Å². The van der Waals surface area contributed by atoms with Gasteiger partial charge in [-0.25, -0.2) is 9.59 Å². The molecule has 4 aromatic rings. The van der Waals surface area contributed by atoms with Crippen LogP contribution >= 0.6 is 0 Å². The van der Waals surface area contributed by atoms with Gasteiger partial charge in [0, 0.05) is 17.0 Å². The Balaban J connectivity index is 1.80. The Hall–Kier alpha value is -4.72.